The monoisotopic (exact) mass is 259 g/mol. The summed E-state index contributed by atoms with van der Waals surface area (Å²) in [5.74, 6) is 0.760. The van der Waals surface area contributed by atoms with E-state index in [2.05, 4.69) is 15.9 Å². The molecule has 0 aromatic heterocycles. The van der Waals surface area contributed by atoms with Gasteiger partial charge >= 0.3 is 0 Å². The highest BCUT2D eigenvalue weighted by molar-refractivity contribution is 9.10. The molecule has 0 fully saturated rings. The van der Waals surface area contributed by atoms with Gasteiger partial charge in [-0.05, 0) is 34.0 Å². The molecule has 0 saturated heterocycles. The van der Waals surface area contributed by atoms with Crippen LogP contribution in [0, 0.1) is 0 Å². The molecule has 1 atom stereocenters. The van der Waals surface area contributed by atoms with Crippen LogP contribution < -0.4 is 10.5 Å². The molecule has 1 rings (SSSR count). The van der Waals surface area contributed by atoms with E-state index in [1.54, 1.807) is 7.11 Å². The molecule has 1 aromatic carbocycles. The summed E-state index contributed by atoms with van der Waals surface area (Å²) >= 11 is 3.43. The van der Waals surface area contributed by atoms with Crippen molar-refractivity contribution in [2.24, 2.45) is 5.73 Å². The number of benzene rings is 1. The van der Waals surface area contributed by atoms with Crippen LogP contribution in [0.25, 0.3) is 0 Å². The third-order valence-corrected chi connectivity index (χ3v) is 2.90. The van der Waals surface area contributed by atoms with E-state index in [9.17, 15) is 0 Å². The van der Waals surface area contributed by atoms with Crippen molar-refractivity contribution in [2.75, 3.05) is 13.7 Å². The fraction of sp³-hybridized carbons (Fsp3) is 0.400. The standard InChI is InChI=1S/C10H14BrNO2/c1-14-9-4-2-3-7(10(9)11)8(12)5-6-13/h2-4,8,13H,5-6,12H2,1H3. The van der Waals surface area contributed by atoms with E-state index in [1.807, 2.05) is 18.2 Å². The Morgan fingerprint density at radius 2 is 2.29 bits per heavy atom. The van der Waals surface area contributed by atoms with Crippen molar-refractivity contribution in [1.29, 1.82) is 0 Å². The van der Waals surface area contributed by atoms with Crippen LogP contribution >= 0.6 is 15.9 Å². The second-order valence-electron chi connectivity index (χ2n) is 2.98. The first-order chi connectivity index (χ1) is 6.70. The van der Waals surface area contributed by atoms with Crippen molar-refractivity contribution in [1.82, 2.24) is 0 Å². The van der Waals surface area contributed by atoms with Gasteiger partial charge in [-0.15, -0.1) is 0 Å². The first kappa shape index (κ1) is 11.5. The zero-order valence-corrected chi connectivity index (χ0v) is 9.62. The molecular weight excluding hydrogens is 246 g/mol. The molecule has 0 radical (unpaired) electrons. The summed E-state index contributed by atoms with van der Waals surface area (Å²) < 4.78 is 6.01. The van der Waals surface area contributed by atoms with Gasteiger partial charge in [0, 0.05) is 12.6 Å². The van der Waals surface area contributed by atoms with Crippen LogP contribution in [0.15, 0.2) is 22.7 Å². The Bertz CT molecular complexity index is 304. The maximum Gasteiger partial charge on any atom is 0.133 e. The number of aliphatic hydroxyl groups is 1. The number of methoxy groups -OCH3 is 1. The molecule has 0 spiro atoms. The topological polar surface area (TPSA) is 55.5 Å². The highest BCUT2D eigenvalue weighted by Gasteiger charge is 2.12. The van der Waals surface area contributed by atoms with Crippen molar-refractivity contribution in [3.05, 3.63) is 28.2 Å². The molecule has 0 bridgehead atoms. The Morgan fingerprint density at radius 1 is 1.57 bits per heavy atom. The zero-order valence-electron chi connectivity index (χ0n) is 8.03. The van der Waals surface area contributed by atoms with Crippen molar-refractivity contribution in [2.45, 2.75) is 12.5 Å². The Morgan fingerprint density at radius 3 is 2.86 bits per heavy atom. The predicted octanol–water partition coefficient (Wildman–Crippen LogP) is 1.84. The van der Waals surface area contributed by atoms with Crippen LogP contribution in [-0.4, -0.2) is 18.8 Å². The second-order valence-corrected chi connectivity index (χ2v) is 3.78. The number of ether oxygens (including phenoxy) is 1. The van der Waals surface area contributed by atoms with Gasteiger partial charge in [-0.25, -0.2) is 0 Å². The Kier molecular flexibility index (Phi) is 4.38. The summed E-state index contributed by atoms with van der Waals surface area (Å²) in [5.41, 5.74) is 6.84. The molecule has 78 valence electrons. The van der Waals surface area contributed by atoms with Gasteiger partial charge in [-0.1, -0.05) is 12.1 Å². The van der Waals surface area contributed by atoms with Gasteiger partial charge in [0.15, 0.2) is 0 Å². The highest BCUT2D eigenvalue weighted by Crippen LogP contribution is 2.32. The molecular formula is C10H14BrNO2. The maximum atomic E-state index is 8.79. The minimum atomic E-state index is -0.163. The lowest BCUT2D eigenvalue weighted by atomic mass is 10.1. The molecule has 0 saturated carbocycles. The average Bonchev–Trinajstić information content (AvgIpc) is 2.18. The third kappa shape index (κ3) is 2.47. The van der Waals surface area contributed by atoms with Crippen LogP contribution in [0.4, 0.5) is 0 Å². The van der Waals surface area contributed by atoms with Crippen LogP contribution in [0.2, 0.25) is 0 Å². The number of nitrogens with two attached hydrogens (primary N) is 1. The molecule has 1 aromatic rings. The average molecular weight is 260 g/mol. The minimum Gasteiger partial charge on any atom is -0.496 e. The fourth-order valence-corrected chi connectivity index (χ4v) is 1.99. The van der Waals surface area contributed by atoms with Crippen molar-refractivity contribution in [3.8, 4) is 5.75 Å². The normalized spacial score (nSPS) is 12.6. The zero-order chi connectivity index (χ0) is 10.6. The molecule has 14 heavy (non-hydrogen) atoms. The SMILES string of the molecule is COc1cccc(C(N)CCO)c1Br. The van der Waals surface area contributed by atoms with E-state index in [1.165, 1.54) is 0 Å². The summed E-state index contributed by atoms with van der Waals surface area (Å²) in [6.07, 6.45) is 0.547. The smallest absolute Gasteiger partial charge is 0.133 e. The molecule has 0 aliphatic rings. The molecule has 0 aliphatic heterocycles. The summed E-state index contributed by atoms with van der Waals surface area (Å²) in [4.78, 5) is 0. The molecule has 0 aliphatic carbocycles. The van der Waals surface area contributed by atoms with Gasteiger partial charge in [0.05, 0.1) is 11.6 Å². The lowest BCUT2D eigenvalue weighted by Crippen LogP contribution is -2.12. The molecule has 3 nitrogen and oxygen atoms in total. The van der Waals surface area contributed by atoms with E-state index in [0.29, 0.717) is 6.42 Å². The van der Waals surface area contributed by atoms with Gasteiger partial charge in [0.2, 0.25) is 0 Å². The first-order valence-corrected chi connectivity index (χ1v) is 5.18. The quantitative estimate of drug-likeness (QED) is 0.868. The number of rotatable bonds is 4. The molecule has 1 unspecified atom stereocenters. The van der Waals surface area contributed by atoms with E-state index in [4.69, 9.17) is 15.6 Å². The van der Waals surface area contributed by atoms with Crippen LogP contribution in [-0.2, 0) is 0 Å². The Balaban J connectivity index is 2.96. The second kappa shape index (κ2) is 5.34. The molecule has 0 heterocycles. The lowest BCUT2D eigenvalue weighted by molar-refractivity contribution is 0.276. The maximum absolute atomic E-state index is 8.79. The fourth-order valence-electron chi connectivity index (χ4n) is 1.27. The number of halogens is 1. The number of aliphatic hydroxyl groups excluding tert-OH is 1. The van der Waals surface area contributed by atoms with E-state index < -0.39 is 0 Å². The molecule has 4 heteroatoms. The molecule has 3 N–H and O–H groups in total. The number of hydrogen-bond acceptors (Lipinski definition) is 3. The summed E-state index contributed by atoms with van der Waals surface area (Å²) in [6.45, 7) is 0.0881. The Hall–Kier alpha value is -0.580. The van der Waals surface area contributed by atoms with Crippen LogP contribution in [0.1, 0.15) is 18.0 Å². The van der Waals surface area contributed by atoms with E-state index >= 15 is 0 Å². The third-order valence-electron chi connectivity index (χ3n) is 2.05. The van der Waals surface area contributed by atoms with E-state index in [-0.39, 0.29) is 12.6 Å². The van der Waals surface area contributed by atoms with Gasteiger partial charge in [-0.3, -0.25) is 0 Å². The summed E-state index contributed by atoms with van der Waals surface area (Å²) in [7, 11) is 1.61. The van der Waals surface area contributed by atoms with Crippen molar-refractivity contribution < 1.29 is 9.84 Å². The van der Waals surface area contributed by atoms with Gasteiger partial charge in [-0.2, -0.15) is 0 Å². The van der Waals surface area contributed by atoms with Gasteiger partial charge < -0.3 is 15.6 Å². The van der Waals surface area contributed by atoms with Crippen LogP contribution in [0.3, 0.4) is 0 Å². The highest BCUT2D eigenvalue weighted by atomic mass is 79.9. The van der Waals surface area contributed by atoms with Crippen LogP contribution in [0.5, 0.6) is 5.75 Å². The van der Waals surface area contributed by atoms with Crippen molar-refractivity contribution in [3.63, 3.8) is 0 Å². The van der Waals surface area contributed by atoms with Crippen molar-refractivity contribution >= 4 is 15.9 Å². The molecule has 0 amide bonds. The number of hydrogen-bond donors (Lipinski definition) is 2. The lowest BCUT2D eigenvalue weighted by Gasteiger charge is -2.14. The minimum absolute atomic E-state index is 0.0881. The van der Waals surface area contributed by atoms with E-state index in [0.717, 1.165) is 15.8 Å². The first-order valence-electron chi connectivity index (χ1n) is 4.39. The predicted molar refractivity (Wildman–Crippen MR) is 59.3 cm³/mol. The summed E-state index contributed by atoms with van der Waals surface area (Å²) in [5, 5.41) is 8.79. The summed E-state index contributed by atoms with van der Waals surface area (Å²) in [6, 6.07) is 5.51. The van der Waals surface area contributed by atoms with Gasteiger partial charge in [0.25, 0.3) is 0 Å². The largest absolute Gasteiger partial charge is 0.496 e. The Labute approximate surface area is 92.0 Å². The van der Waals surface area contributed by atoms with Gasteiger partial charge in [0.1, 0.15) is 5.75 Å².